The Kier molecular flexibility index (Phi) is 5.28. The average Bonchev–Trinajstić information content (AvgIpc) is 2.62. The monoisotopic (exact) mass is 360 g/mol. The van der Waals surface area contributed by atoms with E-state index in [-0.39, 0.29) is 0 Å². The van der Waals surface area contributed by atoms with E-state index in [1.54, 1.807) is 13.2 Å². The number of anilines is 1. The summed E-state index contributed by atoms with van der Waals surface area (Å²) in [4.78, 5) is 24.4. The second-order valence-corrected chi connectivity index (χ2v) is 6.73. The number of piperazine rings is 1. The van der Waals surface area contributed by atoms with E-state index in [9.17, 15) is 4.79 Å². The third-order valence-corrected chi connectivity index (χ3v) is 4.85. The third-order valence-electron chi connectivity index (χ3n) is 3.98. The summed E-state index contributed by atoms with van der Waals surface area (Å²) >= 11 is 1.48. The van der Waals surface area contributed by atoms with Crippen LogP contribution >= 0.6 is 11.8 Å². The predicted molar refractivity (Wildman–Crippen MR) is 95.7 cm³/mol. The molecule has 1 amide bonds. The fourth-order valence-corrected chi connectivity index (χ4v) is 3.46. The van der Waals surface area contributed by atoms with Crippen molar-refractivity contribution in [1.29, 1.82) is 0 Å². The van der Waals surface area contributed by atoms with Crippen molar-refractivity contribution < 1.29 is 14.6 Å². The maximum atomic E-state index is 11.0. The Balaban J connectivity index is 1.65. The van der Waals surface area contributed by atoms with Crippen LogP contribution in [0, 0.1) is 6.92 Å². The van der Waals surface area contributed by atoms with E-state index in [4.69, 9.17) is 9.84 Å². The first kappa shape index (κ1) is 17.3. The fraction of sp³-hybridized carbons (Fsp3) is 0.353. The second kappa shape index (κ2) is 7.60. The molecule has 3 rings (SSSR count). The minimum Gasteiger partial charge on any atom is -0.481 e. The molecular weight excluding hydrogens is 340 g/mol. The molecule has 8 heteroatoms. The first-order valence-corrected chi connectivity index (χ1v) is 8.77. The van der Waals surface area contributed by atoms with Crippen molar-refractivity contribution in [2.24, 2.45) is 0 Å². The van der Waals surface area contributed by atoms with Gasteiger partial charge in [0.15, 0.2) is 5.16 Å². The van der Waals surface area contributed by atoms with Crippen LogP contribution in [0.25, 0.3) is 0 Å². The summed E-state index contributed by atoms with van der Waals surface area (Å²) in [7, 11) is 1.59. The van der Waals surface area contributed by atoms with E-state index in [2.05, 4.69) is 14.9 Å². The molecule has 1 aliphatic heterocycles. The highest BCUT2D eigenvalue weighted by molar-refractivity contribution is 7.99. The van der Waals surface area contributed by atoms with Gasteiger partial charge in [0.1, 0.15) is 0 Å². The molecule has 0 unspecified atom stereocenters. The molecule has 2 heterocycles. The standard InChI is InChI=1S/C17H20N4O3S/c1-12-11-15(24-2)19-16(18-12)25-14-5-3-13(4-6-14)20-7-9-21(10-8-20)17(22)23/h3-6,11H,7-10H2,1-2H3,(H,22,23). The van der Waals surface area contributed by atoms with Crippen LogP contribution in [0.15, 0.2) is 40.4 Å². The first-order chi connectivity index (χ1) is 12.0. The van der Waals surface area contributed by atoms with E-state index in [1.807, 2.05) is 31.2 Å². The Labute approximate surface area is 150 Å². The van der Waals surface area contributed by atoms with E-state index in [1.165, 1.54) is 16.7 Å². The van der Waals surface area contributed by atoms with E-state index in [0.29, 0.717) is 37.2 Å². The second-order valence-electron chi connectivity index (χ2n) is 5.69. The average molecular weight is 360 g/mol. The molecule has 0 aliphatic carbocycles. The highest BCUT2D eigenvalue weighted by Crippen LogP contribution is 2.28. The van der Waals surface area contributed by atoms with Crippen LogP contribution in [-0.2, 0) is 0 Å². The molecule has 7 nitrogen and oxygen atoms in total. The van der Waals surface area contributed by atoms with Gasteiger partial charge in [0, 0.05) is 48.5 Å². The van der Waals surface area contributed by atoms with Crippen LogP contribution in [0.3, 0.4) is 0 Å². The van der Waals surface area contributed by atoms with Crippen molar-refractivity contribution in [1.82, 2.24) is 14.9 Å². The molecule has 0 spiro atoms. The van der Waals surface area contributed by atoms with Crippen LogP contribution in [0.4, 0.5) is 10.5 Å². The number of benzene rings is 1. The van der Waals surface area contributed by atoms with Gasteiger partial charge in [0.2, 0.25) is 5.88 Å². The van der Waals surface area contributed by atoms with Crippen LogP contribution in [0.1, 0.15) is 5.69 Å². The molecule has 25 heavy (non-hydrogen) atoms. The minimum absolute atomic E-state index is 0.531. The van der Waals surface area contributed by atoms with Crippen molar-refractivity contribution in [2.75, 3.05) is 38.2 Å². The largest absolute Gasteiger partial charge is 0.481 e. The van der Waals surface area contributed by atoms with Gasteiger partial charge in [-0.1, -0.05) is 0 Å². The Bertz CT molecular complexity index is 746. The van der Waals surface area contributed by atoms with Crippen molar-refractivity contribution in [2.45, 2.75) is 17.0 Å². The first-order valence-electron chi connectivity index (χ1n) is 7.95. The molecule has 1 aromatic heterocycles. The quantitative estimate of drug-likeness (QED) is 0.840. The molecule has 0 atom stereocenters. The minimum atomic E-state index is -0.847. The molecule has 1 aliphatic rings. The van der Waals surface area contributed by atoms with Gasteiger partial charge in [-0.05, 0) is 43.0 Å². The number of hydrogen-bond acceptors (Lipinski definition) is 6. The summed E-state index contributed by atoms with van der Waals surface area (Å²) in [5, 5.41) is 9.66. The van der Waals surface area contributed by atoms with Gasteiger partial charge in [0.05, 0.1) is 7.11 Å². The molecule has 1 fully saturated rings. The van der Waals surface area contributed by atoms with Crippen molar-refractivity contribution in [3.63, 3.8) is 0 Å². The van der Waals surface area contributed by atoms with Gasteiger partial charge in [-0.3, -0.25) is 0 Å². The topological polar surface area (TPSA) is 78.8 Å². The number of hydrogen-bond donors (Lipinski definition) is 1. The van der Waals surface area contributed by atoms with Crippen LogP contribution in [-0.4, -0.2) is 59.4 Å². The van der Waals surface area contributed by atoms with Gasteiger partial charge in [-0.2, -0.15) is 4.98 Å². The lowest BCUT2D eigenvalue weighted by Crippen LogP contribution is -2.48. The van der Waals surface area contributed by atoms with E-state index in [0.717, 1.165) is 16.3 Å². The number of amides is 1. The normalized spacial score (nSPS) is 14.5. The van der Waals surface area contributed by atoms with Gasteiger partial charge in [0.25, 0.3) is 0 Å². The summed E-state index contributed by atoms with van der Waals surface area (Å²) in [6.07, 6.45) is -0.847. The maximum Gasteiger partial charge on any atom is 0.407 e. The molecule has 0 radical (unpaired) electrons. The number of carboxylic acid groups (broad SMARTS) is 1. The molecular formula is C17H20N4O3S. The summed E-state index contributed by atoms with van der Waals surface area (Å²) < 4.78 is 5.18. The lowest BCUT2D eigenvalue weighted by molar-refractivity contribution is 0.142. The lowest BCUT2D eigenvalue weighted by Gasteiger charge is -2.34. The Morgan fingerprint density at radius 3 is 2.44 bits per heavy atom. The number of methoxy groups -OCH3 is 1. The van der Waals surface area contributed by atoms with Crippen LogP contribution < -0.4 is 9.64 Å². The highest BCUT2D eigenvalue weighted by Gasteiger charge is 2.20. The number of rotatable bonds is 4. The number of aryl methyl sites for hydroxylation is 1. The highest BCUT2D eigenvalue weighted by atomic mass is 32.2. The molecule has 2 aromatic rings. The number of carbonyl (C=O) groups is 1. The fourth-order valence-electron chi connectivity index (χ4n) is 2.65. The van der Waals surface area contributed by atoms with Crippen LogP contribution in [0.2, 0.25) is 0 Å². The zero-order chi connectivity index (χ0) is 17.8. The van der Waals surface area contributed by atoms with Crippen molar-refractivity contribution in [3.8, 4) is 5.88 Å². The van der Waals surface area contributed by atoms with Crippen LogP contribution in [0.5, 0.6) is 5.88 Å². The number of aromatic nitrogens is 2. The molecule has 1 N–H and O–H groups in total. The summed E-state index contributed by atoms with van der Waals surface area (Å²) in [5.74, 6) is 0.558. The Hall–Kier alpha value is -2.48. The predicted octanol–water partition coefficient (Wildman–Crippen LogP) is 2.74. The van der Waals surface area contributed by atoms with Crippen molar-refractivity contribution >= 4 is 23.5 Å². The zero-order valence-electron chi connectivity index (χ0n) is 14.2. The summed E-state index contributed by atoms with van der Waals surface area (Å²) in [6, 6.07) is 9.95. The molecule has 132 valence electrons. The van der Waals surface area contributed by atoms with Crippen molar-refractivity contribution in [3.05, 3.63) is 36.0 Å². The number of nitrogens with zero attached hydrogens (tertiary/aromatic N) is 4. The van der Waals surface area contributed by atoms with Gasteiger partial charge in [-0.15, -0.1) is 0 Å². The molecule has 0 bridgehead atoms. The van der Waals surface area contributed by atoms with E-state index >= 15 is 0 Å². The molecule has 0 saturated carbocycles. The Morgan fingerprint density at radius 1 is 1.16 bits per heavy atom. The molecule has 1 aromatic carbocycles. The lowest BCUT2D eigenvalue weighted by atomic mass is 10.2. The molecule has 1 saturated heterocycles. The number of ether oxygens (including phenoxy) is 1. The smallest absolute Gasteiger partial charge is 0.407 e. The Morgan fingerprint density at radius 2 is 1.84 bits per heavy atom. The van der Waals surface area contributed by atoms with Gasteiger partial charge < -0.3 is 19.6 Å². The third kappa shape index (κ3) is 4.33. The SMILES string of the molecule is COc1cc(C)nc(Sc2ccc(N3CCN(C(=O)O)CC3)cc2)n1. The van der Waals surface area contributed by atoms with E-state index < -0.39 is 6.09 Å². The maximum absolute atomic E-state index is 11.0. The van der Waals surface area contributed by atoms with Gasteiger partial charge >= 0.3 is 6.09 Å². The van der Waals surface area contributed by atoms with Gasteiger partial charge in [-0.25, -0.2) is 9.78 Å². The zero-order valence-corrected chi connectivity index (χ0v) is 15.0. The summed E-state index contributed by atoms with van der Waals surface area (Å²) in [5.41, 5.74) is 1.96. The summed E-state index contributed by atoms with van der Waals surface area (Å²) in [6.45, 7) is 4.38.